The van der Waals surface area contributed by atoms with E-state index in [4.69, 9.17) is 5.10 Å². The van der Waals surface area contributed by atoms with Crippen molar-refractivity contribution >= 4 is 32.1 Å². The van der Waals surface area contributed by atoms with E-state index in [1.807, 2.05) is 30.3 Å². The van der Waals surface area contributed by atoms with Crippen LogP contribution in [0.1, 0.15) is 22.3 Å². The van der Waals surface area contributed by atoms with Crippen LogP contribution < -0.4 is 0 Å². The van der Waals surface area contributed by atoms with Gasteiger partial charge in [-0.3, -0.25) is 4.68 Å². The van der Waals surface area contributed by atoms with Gasteiger partial charge in [-0.25, -0.2) is 18.4 Å². The molecule has 262 valence electrons. The average molecular weight is 732 g/mol. The molecule has 0 N–H and O–H groups in total. The summed E-state index contributed by atoms with van der Waals surface area (Å²) < 4.78 is 27.2. The van der Waals surface area contributed by atoms with Crippen molar-refractivity contribution in [2.45, 2.75) is 16.3 Å². The first kappa shape index (κ1) is 34.4. The standard InChI is InChI=1S/C44H37N5O2S2/c1-48(2)28-31-19-21-32(22-20-31)42-38(33-23-24-39-37(27-33)43(46-30-45-39)40-25-26-41(52-40)53(3,50)51)29-49(47-42)44(34-13-7-4-8-14-34,35-15-9-5-10-16-35)36-17-11-6-12-18-36/h4-27,29-30H,28H2,1-3H3. The number of nitrogens with zero attached hydrogens (tertiary/aromatic N) is 5. The fraction of sp³-hybridized carbons (Fsp3) is 0.114. The van der Waals surface area contributed by atoms with Gasteiger partial charge in [-0.05, 0) is 66.2 Å². The lowest BCUT2D eigenvalue weighted by Gasteiger charge is -2.36. The third kappa shape index (κ3) is 6.48. The second kappa shape index (κ2) is 14.0. The van der Waals surface area contributed by atoms with Crippen molar-refractivity contribution in [3.63, 3.8) is 0 Å². The van der Waals surface area contributed by atoms with E-state index in [1.165, 1.54) is 29.5 Å². The molecule has 0 aliphatic rings. The predicted octanol–water partition coefficient (Wildman–Crippen LogP) is 9.19. The minimum absolute atomic E-state index is 0.302. The summed E-state index contributed by atoms with van der Waals surface area (Å²) in [6, 6.07) is 49.9. The summed E-state index contributed by atoms with van der Waals surface area (Å²) in [5, 5.41) is 6.38. The zero-order valence-corrected chi connectivity index (χ0v) is 31.2. The maximum Gasteiger partial charge on any atom is 0.184 e. The Morgan fingerprint density at radius 2 is 1.26 bits per heavy atom. The van der Waals surface area contributed by atoms with Crippen LogP contribution in [0.3, 0.4) is 0 Å². The van der Waals surface area contributed by atoms with Crippen LogP contribution in [-0.2, 0) is 21.9 Å². The topological polar surface area (TPSA) is 81.0 Å². The molecule has 0 saturated heterocycles. The number of rotatable bonds is 10. The molecule has 0 aliphatic carbocycles. The molecule has 0 radical (unpaired) electrons. The van der Waals surface area contributed by atoms with Gasteiger partial charge in [-0.15, -0.1) is 11.3 Å². The van der Waals surface area contributed by atoms with E-state index >= 15 is 0 Å². The molecular formula is C44H37N5O2S2. The van der Waals surface area contributed by atoms with Crippen LogP contribution in [0.25, 0.3) is 43.9 Å². The lowest BCUT2D eigenvalue weighted by molar-refractivity contribution is 0.402. The Morgan fingerprint density at radius 3 is 1.81 bits per heavy atom. The van der Waals surface area contributed by atoms with Gasteiger partial charge in [0.05, 0.1) is 16.1 Å². The number of sulfone groups is 1. The highest BCUT2D eigenvalue weighted by Gasteiger charge is 2.40. The molecule has 9 heteroatoms. The summed E-state index contributed by atoms with van der Waals surface area (Å²) in [6.07, 6.45) is 4.92. The Kier molecular flexibility index (Phi) is 9.08. The highest BCUT2D eigenvalue weighted by Crippen LogP contribution is 2.44. The first-order chi connectivity index (χ1) is 25.7. The van der Waals surface area contributed by atoms with Crippen LogP contribution in [0.5, 0.6) is 0 Å². The maximum absolute atomic E-state index is 12.4. The van der Waals surface area contributed by atoms with E-state index in [1.54, 1.807) is 6.07 Å². The van der Waals surface area contributed by atoms with E-state index in [-0.39, 0.29) is 0 Å². The summed E-state index contributed by atoms with van der Waals surface area (Å²) in [4.78, 5) is 12.2. The van der Waals surface area contributed by atoms with Gasteiger partial charge in [0.2, 0.25) is 0 Å². The van der Waals surface area contributed by atoms with Crippen LogP contribution >= 0.6 is 11.3 Å². The van der Waals surface area contributed by atoms with Gasteiger partial charge >= 0.3 is 0 Å². The smallest absolute Gasteiger partial charge is 0.184 e. The van der Waals surface area contributed by atoms with Crippen LogP contribution in [0.2, 0.25) is 0 Å². The molecule has 0 aliphatic heterocycles. The van der Waals surface area contributed by atoms with Crippen molar-refractivity contribution in [3.8, 4) is 33.0 Å². The van der Waals surface area contributed by atoms with Crippen LogP contribution in [0.15, 0.2) is 162 Å². The van der Waals surface area contributed by atoms with E-state index in [0.29, 0.717) is 9.90 Å². The second-order valence-electron chi connectivity index (χ2n) is 13.4. The predicted molar refractivity (Wildman–Crippen MR) is 215 cm³/mol. The van der Waals surface area contributed by atoms with Gasteiger partial charge in [0, 0.05) is 35.5 Å². The first-order valence-corrected chi connectivity index (χ1v) is 20.0. The Morgan fingerprint density at radius 1 is 0.679 bits per heavy atom. The molecule has 0 fully saturated rings. The quantitative estimate of drug-likeness (QED) is 0.131. The average Bonchev–Trinajstić information content (AvgIpc) is 3.86. The molecule has 7 nitrogen and oxygen atoms in total. The molecule has 0 saturated carbocycles. The number of fused-ring (bicyclic) bond motifs is 1. The SMILES string of the molecule is CN(C)Cc1ccc(-c2nn(C(c3ccccc3)(c3ccccc3)c3ccccc3)cc2-c2ccc3ncnc(-c4ccc(S(C)(=O)=O)s4)c3c2)cc1. The first-order valence-electron chi connectivity index (χ1n) is 17.3. The third-order valence-corrected chi connectivity index (χ3v) is 12.4. The van der Waals surface area contributed by atoms with Gasteiger partial charge in [0.15, 0.2) is 9.84 Å². The highest BCUT2D eigenvalue weighted by atomic mass is 32.2. The van der Waals surface area contributed by atoms with Crippen molar-refractivity contribution in [1.29, 1.82) is 0 Å². The molecule has 8 aromatic rings. The van der Waals surface area contributed by atoms with Gasteiger partial charge in [0.25, 0.3) is 0 Å². The minimum Gasteiger partial charge on any atom is -0.305 e. The summed E-state index contributed by atoms with van der Waals surface area (Å²) in [5.41, 5.74) is 8.79. The van der Waals surface area contributed by atoms with Gasteiger partial charge in [-0.1, -0.05) is 121 Å². The number of aromatic nitrogens is 4. The zero-order valence-electron chi connectivity index (χ0n) is 29.6. The van der Waals surface area contributed by atoms with Crippen LogP contribution in [0.4, 0.5) is 0 Å². The second-order valence-corrected chi connectivity index (χ2v) is 16.8. The molecule has 0 bridgehead atoms. The van der Waals surface area contributed by atoms with Crippen molar-refractivity contribution in [1.82, 2.24) is 24.6 Å². The summed E-state index contributed by atoms with van der Waals surface area (Å²) in [6.45, 7) is 0.831. The molecule has 5 aromatic carbocycles. The van der Waals surface area contributed by atoms with Crippen molar-refractivity contribution in [2.24, 2.45) is 0 Å². The Hall–Kier alpha value is -5.74. The zero-order chi connectivity index (χ0) is 36.6. The number of hydrogen-bond donors (Lipinski definition) is 0. The fourth-order valence-corrected chi connectivity index (χ4v) is 9.04. The Balaban J connectivity index is 1.40. The van der Waals surface area contributed by atoms with Crippen LogP contribution in [0, 0.1) is 0 Å². The fourth-order valence-electron chi connectivity index (χ4n) is 7.11. The minimum atomic E-state index is -3.36. The van der Waals surface area contributed by atoms with Crippen LogP contribution in [-0.4, -0.2) is 53.4 Å². The summed E-state index contributed by atoms with van der Waals surface area (Å²) in [5.74, 6) is 0. The van der Waals surface area contributed by atoms with E-state index < -0.39 is 15.4 Å². The van der Waals surface area contributed by atoms with E-state index in [9.17, 15) is 8.42 Å². The monoisotopic (exact) mass is 731 g/mol. The Bertz CT molecular complexity index is 2540. The normalized spacial score (nSPS) is 12.1. The van der Waals surface area contributed by atoms with Crippen molar-refractivity contribution < 1.29 is 8.42 Å². The van der Waals surface area contributed by atoms with E-state index in [2.05, 4.69) is 149 Å². The molecule has 0 spiro atoms. The number of benzene rings is 5. The molecule has 53 heavy (non-hydrogen) atoms. The largest absolute Gasteiger partial charge is 0.305 e. The molecule has 3 aromatic heterocycles. The molecular weight excluding hydrogens is 695 g/mol. The molecule has 0 amide bonds. The molecule has 0 atom stereocenters. The molecule has 8 rings (SSSR count). The molecule has 0 unspecified atom stereocenters. The van der Waals surface area contributed by atoms with Gasteiger partial charge in [-0.2, -0.15) is 5.10 Å². The van der Waals surface area contributed by atoms with Crippen molar-refractivity contribution in [2.75, 3.05) is 20.4 Å². The lowest BCUT2D eigenvalue weighted by atomic mass is 9.77. The summed E-state index contributed by atoms with van der Waals surface area (Å²) in [7, 11) is 0.779. The third-order valence-electron chi connectivity index (χ3n) is 9.49. The van der Waals surface area contributed by atoms with Crippen molar-refractivity contribution in [3.05, 3.63) is 180 Å². The lowest BCUT2D eigenvalue weighted by Crippen LogP contribution is -2.38. The molecule has 3 heterocycles. The van der Waals surface area contributed by atoms with Gasteiger partial charge < -0.3 is 4.90 Å². The number of thiophene rings is 1. The Labute approximate surface area is 313 Å². The summed E-state index contributed by atoms with van der Waals surface area (Å²) >= 11 is 1.22. The van der Waals surface area contributed by atoms with E-state index in [0.717, 1.165) is 61.4 Å². The highest BCUT2D eigenvalue weighted by molar-refractivity contribution is 7.92. The number of hydrogen-bond acceptors (Lipinski definition) is 7. The maximum atomic E-state index is 12.4. The van der Waals surface area contributed by atoms with Gasteiger partial charge in [0.1, 0.15) is 21.8 Å².